The van der Waals surface area contributed by atoms with Gasteiger partial charge in [-0.1, -0.05) is 15.9 Å². The normalized spacial score (nSPS) is 10.4. The van der Waals surface area contributed by atoms with Crippen molar-refractivity contribution in [1.29, 1.82) is 0 Å². The lowest BCUT2D eigenvalue weighted by Crippen LogP contribution is -1.97. The molecule has 0 atom stereocenters. The standard InChI is InChI=1S/C11H11BrN2O2/c1-15-9-3-2-7(12)4-8(9)11-10(5-13)16-6-14-11/h2-4,6H,5,13H2,1H3. The van der Waals surface area contributed by atoms with E-state index in [4.69, 9.17) is 14.9 Å². The van der Waals surface area contributed by atoms with Crippen LogP contribution in [0.15, 0.2) is 33.5 Å². The Kier molecular flexibility index (Phi) is 3.26. The second kappa shape index (κ2) is 4.67. The van der Waals surface area contributed by atoms with Crippen molar-refractivity contribution < 1.29 is 9.15 Å². The minimum Gasteiger partial charge on any atom is -0.496 e. The molecule has 4 nitrogen and oxygen atoms in total. The molecule has 2 rings (SSSR count). The summed E-state index contributed by atoms with van der Waals surface area (Å²) in [5.74, 6) is 1.39. The molecule has 1 aromatic heterocycles. The van der Waals surface area contributed by atoms with Crippen LogP contribution in [0.4, 0.5) is 0 Å². The summed E-state index contributed by atoms with van der Waals surface area (Å²) in [5.41, 5.74) is 7.17. The van der Waals surface area contributed by atoms with E-state index in [1.54, 1.807) is 7.11 Å². The predicted molar refractivity (Wildman–Crippen MR) is 64.1 cm³/mol. The highest BCUT2D eigenvalue weighted by molar-refractivity contribution is 9.10. The number of aromatic nitrogens is 1. The molecule has 84 valence electrons. The molecule has 0 spiro atoms. The smallest absolute Gasteiger partial charge is 0.181 e. The lowest BCUT2D eigenvalue weighted by Gasteiger charge is -2.07. The van der Waals surface area contributed by atoms with Crippen LogP contribution in [-0.4, -0.2) is 12.1 Å². The minimum atomic E-state index is 0.311. The molecule has 0 bridgehead atoms. The second-order valence-electron chi connectivity index (χ2n) is 3.17. The molecule has 1 heterocycles. The Hall–Kier alpha value is -1.33. The van der Waals surface area contributed by atoms with E-state index >= 15 is 0 Å². The van der Waals surface area contributed by atoms with Gasteiger partial charge in [-0.2, -0.15) is 0 Å². The lowest BCUT2D eigenvalue weighted by atomic mass is 10.1. The van der Waals surface area contributed by atoms with Gasteiger partial charge in [0.15, 0.2) is 6.39 Å². The van der Waals surface area contributed by atoms with E-state index in [9.17, 15) is 0 Å². The summed E-state index contributed by atoms with van der Waals surface area (Å²) >= 11 is 3.41. The third-order valence-electron chi connectivity index (χ3n) is 2.24. The van der Waals surface area contributed by atoms with Gasteiger partial charge in [0.2, 0.25) is 0 Å². The molecule has 0 radical (unpaired) electrons. The number of hydrogen-bond donors (Lipinski definition) is 1. The third kappa shape index (κ3) is 1.96. The zero-order valence-corrected chi connectivity index (χ0v) is 10.3. The first-order chi connectivity index (χ1) is 7.76. The van der Waals surface area contributed by atoms with Crippen LogP contribution in [0.1, 0.15) is 5.76 Å². The Balaban J connectivity index is 2.58. The molecule has 2 aromatic rings. The predicted octanol–water partition coefficient (Wildman–Crippen LogP) is 2.57. The highest BCUT2D eigenvalue weighted by Gasteiger charge is 2.14. The minimum absolute atomic E-state index is 0.311. The van der Waals surface area contributed by atoms with E-state index in [2.05, 4.69) is 20.9 Å². The van der Waals surface area contributed by atoms with Crippen LogP contribution >= 0.6 is 15.9 Å². The molecule has 0 amide bonds. The van der Waals surface area contributed by atoms with Crippen LogP contribution < -0.4 is 10.5 Å². The van der Waals surface area contributed by atoms with Gasteiger partial charge in [0, 0.05) is 10.0 Å². The molecule has 5 heteroatoms. The second-order valence-corrected chi connectivity index (χ2v) is 4.09. The molecule has 0 unspecified atom stereocenters. The van der Waals surface area contributed by atoms with Crippen molar-refractivity contribution in [3.8, 4) is 17.0 Å². The number of ether oxygens (including phenoxy) is 1. The number of benzene rings is 1. The first kappa shape index (κ1) is 11.2. The summed E-state index contributed by atoms with van der Waals surface area (Å²) in [6.45, 7) is 0.311. The molecule has 0 aliphatic rings. The average Bonchev–Trinajstić information content (AvgIpc) is 2.76. The maximum atomic E-state index is 5.58. The van der Waals surface area contributed by atoms with Gasteiger partial charge < -0.3 is 14.9 Å². The Morgan fingerprint density at radius 1 is 1.50 bits per heavy atom. The molecule has 0 saturated heterocycles. The zero-order chi connectivity index (χ0) is 11.5. The number of nitrogens with two attached hydrogens (primary N) is 1. The Labute approximate surface area is 102 Å². The van der Waals surface area contributed by atoms with Crippen LogP contribution in [0, 0.1) is 0 Å². The van der Waals surface area contributed by atoms with Crippen molar-refractivity contribution >= 4 is 15.9 Å². The van der Waals surface area contributed by atoms with E-state index in [-0.39, 0.29) is 0 Å². The largest absolute Gasteiger partial charge is 0.496 e. The molecule has 2 N–H and O–H groups in total. The Morgan fingerprint density at radius 2 is 2.31 bits per heavy atom. The zero-order valence-electron chi connectivity index (χ0n) is 8.74. The topological polar surface area (TPSA) is 61.3 Å². The van der Waals surface area contributed by atoms with Gasteiger partial charge in [0.05, 0.1) is 13.7 Å². The molecular formula is C11H11BrN2O2. The fourth-order valence-corrected chi connectivity index (χ4v) is 1.86. The first-order valence-electron chi connectivity index (χ1n) is 4.72. The number of nitrogens with zero attached hydrogens (tertiary/aromatic N) is 1. The first-order valence-corrected chi connectivity index (χ1v) is 5.52. The van der Waals surface area contributed by atoms with Gasteiger partial charge in [-0.05, 0) is 18.2 Å². The number of halogens is 1. The summed E-state index contributed by atoms with van der Waals surface area (Å²) in [6, 6.07) is 5.70. The molecule has 16 heavy (non-hydrogen) atoms. The Bertz CT molecular complexity index is 496. The van der Waals surface area contributed by atoms with Crippen molar-refractivity contribution in [2.45, 2.75) is 6.54 Å². The summed E-state index contributed by atoms with van der Waals surface area (Å²) < 4.78 is 11.4. The molecule has 1 aromatic carbocycles. The lowest BCUT2D eigenvalue weighted by molar-refractivity contribution is 0.416. The Morgan fingerprint density at radius 3 is 3.00 bits per heavy atom. The quantitative estimate of drug-likeness (QED) is 0.940. The van der Waals surface area contributed by atoms with Crippen molar-refractivity contribution in [2.24, 2.45) is 5.73 Å². The van der Waals surface area contributed by atoms with Gasteiger partial charge >= 0.3 is 0 Å². The van der Waals surface area contributed by atoms with E-state index in [1.807, 2.05) is 18.2 Å². The van der Waals surface area contributed by atoms with Gasteiger partial charge in [-0.15, -0.1) is 0 Å². The molecule has 0 saturated carbocycles. The SMILES string of the molecule is COc1ccc(Br)cc1-c1ncoc1CN. The van der Waals surface area contributed by atoms with Gasteiger partial charge in [-0.25, -0.2) is 4.98 Å². The van der Waals surface area contributed by atoms with E-state index < -0.39 is 0 Å². The summed E-state index contributed by atoms with van der Waals surface area (Å²) in [7, 11) is 1.62. The maximum absolute atomic E-state index is 5.58. The number of oxazole rings is 1. The van der Waals surface area contributed by atoms with Crippen molar-refractivity contribution in [3.63, 3.8) is 0 Å². The average molecular weight is 283 g/mol. The van der Waals surface area contributed by atoms with Gasteiger partial charge in [-0.3, -0.25) is 0 Å². The van der Waals surface area contributed by atoms with Gasteiger partial charge in [0.1, 0.15) is 17.2 Å². The van der Waals surface area contributed by atoms with Crippen LogP contribution in [0.25, 0.3) is 11.3 Å². The van der Waals surface area contributed by atoms with Crippen LogP contribution in [0.3, 0.4) is 0 Å². The number of hydrogen-bond acceptors (Lipinski definition) is 4. The number of methoxy groups -OCH3 is 1. The summed E-state index contributed by atoms with van der Waals surface area (Å²) in [4.78, 5) is 4.16. The summed E-state index contributed by atoms with van der Waals surface area (Å²) in [6.07, 6.45) is 1.39. The molecule has 0 fully saturated rings. The van der Waals surface area contributed by atoms with E-state index in [0.29, 0.717) is 12.3 Å². The highest BCUT2D eigenvalue weighted by Crippen LogP contribution is 2.33. The van der Waals surface area contributed by atoms with Crippen LogP contribution in [-0.2, 0) is 6.54 Å². The van der Waals surface area contributed by atoms with Crippen molar-refractivity contribution in [1.82, 2.24) is 4.98 Å². The van der Waals surface area contributed by atoms with E-state index in [0.717, 1.165) is 21.5 Å². The monoisotopic (exact) mass is 282 g/mol. The number of rotatable bonds is 3. The summed E-state index contributed by atoms with van der Waals surface area (Å²) in [5, 5.41) is 0. The van der Waals surface area contributed by atoms with Crippen molar-refractivity contribution in [2.75, 3.05) is 7.11 Å². The third-order valence-corrected chi connectivity index (χ3v) is 2.74. The molecular weight excluding hydrogens is 272 g/mol. The highest BCUT2D eigenvalue weighted by atomic mass is 79.9. The fourth-order valence-electron chi connectivity index (χ4n) is 1.50. The van der Waals surface area contributed by atoms with Crippen LogP contribution in [0.2, 0.25) is 0 Å². The molecule has 0 aliphatic carbocycles. The van der Waals surface area contributed by atoms with Crippen molar-refractivity contribution in [3.05, 3.63) is 34.8 Å². The maximum Gasteiger partial charge on any atom is 0.181 e. The van der Waals surface area contributed by atoms with Crippen LogP contribution in [0.5, 0.6) is 5.75 Å². The fraction of sp³-hybridized carbons (Fsp3) is 0.182. The molecule has 0 aliphatic heterocycles. The van der Waals surface area contributed by atoms with Gasteiger partial charge in [0.25, 0.3) is 0 Å². The van der Waals surface area contributed by atoms with E-state index in [1.165, 1.54) is 6.39 Å².